The summed E-state index contributed by atoms with van der Waals surface area (Å²) in [6.07, 6.45) is 1.84. The molecule has 11 heavy (non-hydrogen) atoms. The van der Waals surface area contributed by atoms with Gasteiger partial charge in [-0.3, -0.25) is 0 Å². The Morgan fingerprint density at radius 3 is 2.18 bits per heavy atom. The third-order valence-electron chi connectivity index (χ3n) is 0.441. The summed E-state index contributed by atoms with van der Waals surface area (Å²) in [6, 6.07) is 0. The van der Waals surface area contributed by atoms with Crippen molar-refractivity contribution in [3.05, 3.63) is 25.0 Å². The fourth-order valence-corrected chi connectivity index (χ4v) is 0.213. The second kappa shape index (κ2) is 8.33. The Morgan fingerprint density at radius 1 is 1.73 bits per heavy atom. The number of carbonyl (C=O) groups excluding carboxylic acids is 2. The van der Waals surface area contributed by atoms with E-state index < -0.39 is 5.97 Å². The van der Waals surface area contributed by atoms with Crippen molar-refractivity contribution in [1.82, 2.24) is 0 Å². The molecule has 0 saturated carbocycles. The fraction of sp³-hybridized carbons (Fsp3) is 0.143. The molecule has 4 nitrogen and oxygen atoms in total. The van der Waals surface area contributed by atoms with Gasteiger partial charge >= 0.3 is 5.97 Å². The molecule has 4 heteroatoms. The van der Waals surface area contributed by atoms with Crippen molar-refractivity contribution >= 4 is 12.0 Å². The molecule has 0 aliphatic carbocycles. The maximum absolute atomic E-state index is 10.2. The first-order chi connectivity index (χ1) is 5.08. The normalized spacial score (nSPS) is 6.27. The average Bonchev–Trinajstić information content (AvgIpc) is 1.88. The van der Waals surface area contributed by atoms with Crippen LogP contribution in [0.5, 0.6) is 0 Å². The standard InChI is InChI=1S/C6H8O2.CHNO/c1-4-6(7)8-5(2)3;2-1-3/h4H,1-2H2,3H3;2H. The molecule has 0 spiro atoms. The molecule has 0 aromatic carbocycles. The third-order valence-corrected chi connectivity index (χ3v) is 0.441. The van der Waals surface area contributed by atoms with Crippen molar-refractivity contribution < 1.29 is 14.3 Å². The number of carbonyl (C=O) groups is 1. The largest absolute Gasteiger partial charge is 0.429 e. The van der Waals surface area contributed by atoms with Gasteiger partial charge in [-0.2, -0.15) is 0 Å². The van der Waals surface area contributed by atoms with Crippen LogP contribution in [0.2, 0.25) is 0 Å². The summed E-state index contributed by atoms with van der Waals surface area (Å²) in [4.78, 5) is 18.6. The molecule has 0 aromatic rings. The van der Waals surface area contributed by atoms with Gasteiger partial charge in [0.2, 0.25) is 6.08 Å². The van der Waals surface area contributed by atoms with Gasteiger partial charge in [0.1, 0.15) is 0 Å². The Labute approximate surface area is 64.7 Å². The van der Waals surface area contributed by atoms with E-state index in [1.807, 2.05) is 0 Å². The number of hydrogen-bond donors (Lipinski definition) is 1. The van der Waals surface area contributed by atoms with E-state index in [0.717, 1.165) is 12.2 Å². The molecule has 0 fully saturated rings. The summed E-state index contributed by atoms with van der Waals surface area (Å²) in [5.41, 5.74) is 0. The van der Waals surface area contributed by atoms with Gasteiger partial charge in [0.05, 0.1) is 5.76 Å². The molecule has 0 radical (unpaired) electrons. The Morgan fingerprint density at radius 2 is 2.09 bits per heavy atom. The van der Waals surface area contributed by atoms with Crippen LogP contribution in [-0.2, 0) is 14.3 Å². The van der Waals surface area contributed by atoms with Crippen LogP contribution >= 0.6 is 0 Å². The van der Waals surface area contributed by atoms with Gasteiger partial charge in [-0.15, -0.1) is 0 Å². The maximum atomic E-state index is 10.2. The highest BCUT2D eigenvalue weighted by molar-refractivity contribution is 5.81. The molecule has 0 aliphatic heterocycles. The van der Waals surface area contributed by atoms with Gasteiger partial charge in [0.25, 0.3) is 0 Å². The lowest BCUT2D eigenvalue weighted by atomic mass is 10.6. The number of rotatable bonds is 2. The SMILES string of the molecule is C=CC(=O)OC(=C)C.N=C=O. The molecule has 0 rings (SSSR count). The molecule has 1 N–H and O–H groups in total. The smallest absolute Gasteiger partial charge is 0.335 e. The highest BCUT2D eigenvalue weighted by Gasteiger charge is 1.91. The van der Waals surface area contributed by atoms with E-state index in [1.54, 1.807) is 6.92 Å². The van der Waals surface area contributed by atoms with E-state index in [1.165, 1.54) is 0 Å². The van der Waals surface area contributed by atoms with Crippen LogP contribution in [0.15, 0.2) is 25.0 Å². The van der Waals surface area contributed by atoms with Gasteiger partial charge in [0.15, 0.2) is 0 Å². The lowest BCUT2D eigenvalue weighted by Crippen LogP contribution is -1.95. The monoisotopic (exact) mass is 155 g/mol. The second-order valence-electron chi connectivity index (χ2n) is 1.43. The Kier molecular flexibility index (Phi) is 9.12. The van der Waals surface area contributed by atoms with Crippen LogP contribution in [0.1, 0.15) is 6.92 Å². The minimum absolute atomic E-state index is 0.384. The highest BCUT2D eigenvalue weighted by atomic mass is 16.5. The number of allylic oxidation sites excluding steroid dienone is 1. The van der Waals surface area contributed by atoms with Gasteiger partial charge < -0.3 is 4.74 Å². The zero-order chi connectivity index (χ0) is 9.28. The number of nitrogens with one attached hydrogen (secondary N) is 1. The van der Waals surface area contributed by atoms with Crippen molar-refractivity contribution in [1.29, 1.82) is 5.41 Å². The van der Waals surface area contributed by atoms with E-state index in [0.29, 0.717) is 5.76 Å². The molecule has 0 aliphatic rings. The minimum atomic E-state index is -0.461. The summed E-state index contributed by atoms with van der Waals surface area (Å²) >= 11 is 0. The van der Waals surface area contributed by atoms with Crippen LogP contribution in [0.25, 0.3) is 0 Å². The molecule has 0 unspecified atom stereocenters. The fourth-order valence-electron chi connectivity index (χ4n) is 0.213. The molecular formula is C7H9NO3. The van der Waals surface area contributed by atoms with Gasteiger partial charge in [-0.05, 0) is 6.92 Å². The Bertz CT molecular complexity index is 190. The van der Waals surface area contributed by atoms with Crippen molar-refractivity contribution in [3.63, 3.8) is 0 Å². The molecule has 0 atom stereocenters. The van der Waals surface area contributed by atoms with E-state index in [2.05, 4.69) is 17.9 Å². The molecule has 0 amide bonds. The average molecular weight is 155 g/mol. The first-order valence-corrected chi connectivity index (χ1v) is 2.62. The summed E-state index contributed by atoms with van der Waals surface area (Å²) in [5, 5.41) is 5.40. The lowest BCUT2D eigenvalue weighted by Gasteiger charge is -1.94. The quantitative estimate of drug-likeness (QED) is 0.214. The van der Waals surface area contributed by atoms with Crippen LogP contribution < -0.4 is 0 Å². The first kappa shape index (κ1) is 12.0. The molecular weight excluding hydrogens is 146 g/mol. The van der Waals surface area contributed by atoms with Crippen molar-refractivity contribution in [2.24, 2.45) is 0 Å². The van der Waals surface area contributed by atoms with Crippen LogP contribution in [0.4, 0.5) is 0 Å². The number of hydrogen-bond acceptors (Lipinski definition) is 4. The molecule has 0 bridgehead atoms. The van der Waals surface area contributed by atoms with Gasteiger partial charge in [0, 0.05) is 6.08 Å². The predicted octanol–water partition coefficient (Wildman–Crippen LogP) is 1.15. The third kappa shape index (κ3) is 17.8. The first-order valence-electron chi connectivity index (χ1n) is 2.62. The van der Waals surface area contributed by atoms with Crippen molar-refractivity contribution in [2.45, 2.75) is 6.92 Å². The summed E-state index contributed by atoms with van der Waals surface area (Å²) in [7, 11) is 0. The van der Waals surface area contributed by atoms with Crippen molar-refractivity contribution in [3.8, 4) is 0 Å². The minimum Gasteiger partial charge on any atom is -0.429 e. The zero-order valence-electron chi connectivity index (χ0n) is 6.22. The maximum Gasteiger partial charge on any atom is 0.335 e. The summed E-state index contributed by atoms with van der Waals surface area (Å²) in [6.45, 7) is 8.15. The van der Waals surface area contributed by atoms with Crippen LogP contribution in [0, 0.1) is 5.41 Å². The summed E-state index contributed by atoms with van der Waals surface area (Å²) in [5.74, 6) is -0.0765. The van der Waals surface area contributed by atoms with E-state index in [4.69, 9.17) is 10.2 Å². The van der Waals surface area contributed by atoms with Crippen LogP contribution in [0.3, 0.4) is 0 Å². The van der Waals surface area contributed by atoms with E-state index in [-0.39, 0.29) is 0 Å². The van der Waals surface area contributed by atoms with Crippen LogP contribution in [-0.4, -0.2) is 12.0 Å². The zero-order valence-corrected chi connectivity index (χ0v) is 6.22. The molecule has 0 heterocycles. The summed E-state index contributed by atoms with van der Waals surface area (Å²) < 4.78 is 4.45. The van der Waals surface area contributed by atoms with E-state index >= 15 is 0 Å². The van der Waals surface area contributed by atoms with Gasteiger partial charge in [-0.25, -0.2) is 15.0 Å². The molecule has 0 aromatic heterocycles. The van der Waals surface area contributed by atoms with E-state index in [9.17, 15) is 4.79 Å². The molecule has 0 saturated heterocycles. The molecule has 60 valence electrons. The van der Waals surface area contributed by atoms with Gasteiger partial charge in [-0.1, -0.05) is 13.2 Å². The number of ether oxygens (including phenoxy) is 1. The lowest BCUT2D eigenvalue weighted by molar-refractivity contribution is -0.133. The highest BCUT2D eigenvalue weighted by Crippen LogP contribution is 1.89. The predicted molar refractivity (Wildman–Crippen MR) is 39.5 cm³/mol. The number of esters is 1. The Hall–Kier alpha value is -1.67. The second-order valence-corrected chi connectivity index (χ2v) is 1.43. The Balaban J connectivity index is 0. The number of isocyanates is 1. The van der Waals surface area contributed by atoms with Crippen molar-refractivity contribution in [2.75, 3.05) is 0 Å². The topological polar surface area (TPSA) is 67.2 Å².